The Bertz CT molecular complexity index is 1160. The van der Waals surface area contributed by atoms with Gasteiger partial charge in [0.15, 0.2) is 0 Å². The number of hydrogen-bond donors (Lipinski definition) is 3. The summed E-state index contributed by atoms with van der Waals surface area (Å²) in [5.74, 6) is 1.12. The van der Waals surface area contributed by atoms with Crippen molar-refractivity contribution in [1.29, 1.82) is 0 Å². The zero-order valence-electron chi connectivity index (χ0n) is 17.6. The molecule has 0 atom stereocenters. The van der Waals surface area contributed by atoms with Crippen LogP contribution in [0, 0.1) is 5.41 Å². The third-order valence-corrected chi connectivity index (χ3v) is 6.45. The van der Waals surface area contributed by atoms with Crippen molar-refractivity contribution < 1.29 is 14.3 Å². The highest BCUT2D eigenvalue weighted by atomic mass is 16.5. The van der Waals surface area contributed by atoms with Crippen molar-refractivity contribution in [2.45, 2.75) is 19.3 Å². The summed E-state index contributed by atoms with van der Waals surface area (Å²) in [6, 6.07) is 3.57. The third-order valence-electron chi connectivity index (χ3n) is 6.45. The lowest BCUT2D eigenvalue weighted by molar-refractivity contribution is -0.129. The van der Waals surface area contributed by atoms with Crippen LogP contribution in [0.3, 0.4) is 0 Å². The van der Waals surface area contributed by atoms with Crippen LogP contribution in [0.2, 0.25) is 0 Å². The molecule has 10 nitrogen and oxygen atoms in total. The van der Waals surface area contributed by atoms with Crippen LogP contribution in [0.5, 0.6) is 5.75 Å². The lowest BCUT2D eigenvalue weighted by atomic mass is 9.77. The van der Waals surface area contributed by atoms with Crippen molar-refractivity contribution in [3.8, 4) is 16.9 Å². The second-order valence-corrected chi connectivity index (χ2v) is 8.23. The maximum absolute atomic E-state index is 12.9. The highest BCUT2D eigenvalue weighted by Crippen LogP contribution is 2.38. The molecule has 5 rings (SSSR count). The number of benzene rings is 1. The maximum Gasteiger partial charge on any atom is 0.324 e. The van der Waals surface area contributed by atoms with E-state index in [1.165, 1.54) is 0 Å². The number of nitrogens with zero attached hydrogens (tertiary/aromatic N) is 4. The Morgan fingerprint density at radius 2 is 2.06 bits per heavy atom. The van der Waals surface area contributed by atoms with Crippen LogP contribution < -0.4 is 15.4 Å². The molecule has 162 valence electrons. The number of urea groups is 1. The molecule has 4 heterocycles. The van der Waals surface area contributed by atoms with E-state index >= 15 is 0 Å². The first-order chi connectivity index (χ1) is 15.0. The topological polar surface area (TPSA) is 117 Å². The minimum absolute atomic E-state index is 0.125. The minimum Gasteiger partial charge on any atom is -0.494 e. The zero-order chi connectivity index (χ0) is 21.6. The van der Waals surface area contributed by atoms with Gasteiger partial charge in [-0.05, 0) is 31.4 Å². The molecule has 1 aromatic carbocycles. The molecule has 3 N–H and O–H groups in total. The number of ether oxygens (including phenoxy) is 1. The molecule has 2 aliphatic rings. The quantitative estimate of drug-likeness (QED) is 0.596. The molecule has 0 aliphatic carbocycles. The Hall–Kier alpha value is -3.56. The predicted octanol–water partition coefficient (Wildman–Crippen LogP) is 2.11. The second-order valence-electron chi connectivity index (χ2n) is 8.23. The average molecular weight is 423 g/mol. The summed E-state index contributed by atoms with van der Waals surface area (Å²) in [5.41, 5.74) is 2.92. The van der Waals surface area contributed by atoms with Gasteiger partial charge in [-0.2, -0.15) is 5.10 Å². The number of aromatic nitrogens is 4. The van der Waals surface area contributed by atoms with Gasteiger partial charge in [0.05, 0.1) is 18.7 Å². The Balaban J connectivity index is 1.37. The number of likely N-dealkylation sites (tertiary alicyclic amines) is 1. The molecule has 31 heavy (non-hydrogen) atoms. The van der Waals surface area contributed by atoms with E-state index in [1.807, 2.05) is 25.4 Å². The number of aromatic amines is 1. The molecule has 0 saturated carbocycles. The van der Waals surface area contributed by atoms with Gasteiger partial charge in [-0.25, -0.2) is 9.78 Å². The number of amides is 3. The first kappa shape index (κ1) is 19.4. The predicted molar refractivity (Wildman–Crippen MR) is 115 cm³/mol. The molecular formula is C21H25N7O3. The fourth-order valence-corrected chi connectivity index (χ4v) is 4.60. The van der Waals surface area contributed by atoms with Gasteiger partial charge in [0, 0.05) is 44.0 Å². The summed E-state index contributed by atoms with van der Waals surface area (Å²) in [5, 5.41) is 10.0. The molecule has 3 amide bonds. The molecule has 10 heteroatoms. The summed E-state index contributed by atoms with van der Waals surface area (Å²) in [6.45, 7) is 1.82. The van der Waals surface area contributed by atoms with E-state index in [0.717, 1.165) is 24.1 Å². The standard InChI is InChI=1S/C21H25N7O3/c1-27-12-13(11-23-27)14-3-4-15(31-2)17-16(14)24-19(25-17)26-20(30)28-9-6-21(7-10-28)5-8-22-18(21)29/h3-4,11-12H,5-10H2,1-2H3,(H,22,29)(H2,24,25,26,30). The van der Waals surface area contributed by atoms with Crippen LogP contribution in [0.15, 0.2) is 24.5 Å². The van der Waals surface area contributed by atoms with Crippen LogP contribution in [-0.2, 0) is 11.8 Å². The minimum atomic E-state index is -0.303. The van der Waals surface area contributed by atoms with Crippen LogP contribution >= 0.6 is 0 Å². The number of H-pyrrole nitrogens is 1. The molecule has 1 spiro atoms. The molecule has 2 aliphatic heterocycles. The van der Waals surface area contributed by atoms with E-state index in [2.05, 4.69) is 25.7 Å². The molecule has 2 saturated heterocycles. The van der Waals surface area contributed by atoms with E-state index in [9.17, 15) is 9.59 Å². The van der Waals surface area contributed by atoms with Gasteiger partial charge in [-0.15, -0.1) is 0 Å². The fourth-order valence-electron chi connectivity index (χ4n) is 4.60. The molecule has 0 bridgehead atoms. The van der Waals surface area contributed by atoms with Crippen LogP contribution in [0.4, 0.5) is 10.7 Å². The summed E-state index contributed by atoms with van der Waals surface area (Å²) in [6.07, 6.45) is 5.91. The number of hydrogen-bond acceptors (Lipinski definition) is 5. The molecule has 3 aromatic rings. The zero-order valence-corrected chi connectivity index (χ0v) is 17.6. The van der Waals surface area contributed by atoms with Gasteiger partial charge in [-0.3, -0.25) is 14.8 Å². The van der Waals surface area contributed by atoms with Crippen molar-refractivity contribution >= 4 is 28.9 Å². The number of nitrogens with one attached hydrogen (secondary N) is 3. The summed E-state index contributed by atoms with van der Waals surface area (Å²) < 4.78 is 7.20. The van der Waals surface area contributed by atoms with E-state index in [4.69, 9.17) is 4.74 Å². The Kier molecular flexibility index (Phi) is 4.57. The first-order valence-electron chi connectivity index (χ1n) is 10.4. The molecular weight excluding hydrogens is 398 g/mol. The molecule has 0 unspecified atom stereocenters. The smallest absolute Gasteiger partial charge is 0.324 e. The summed E-state index contributed by atoms with van der Waals surface area (Å²) in [4.78, 5) is 34.6. The molecule has 0 radical (unpaired) electrons. The van der Waals surface area contributed by atoms with Gasteiger partial charge in [0.2, 0.25) is 11.9 Å². The third kappa shape index (κ3) is 3.28. The number of imidazole rings is 1. The van der Waals surface area contributed by atoms with E-state index < -0.39 is 0 Å². The fraction of sp³-hybridized carbons (Fsp3) is 0.429. The number of fused-ring (bicyclic) bond motifs is 1. The number of aryl methyl sites for hydroxylation is 1. The van der Waals surface area contributed by atoms with Crippen molar-refractivity contribution in [1.82, 2.24) is 30.0 Å². The second kappa shape index (κ2) is 7.29. The number of anilines is 1. The van der Waals surface area contributed by atoms with Crippen LogP contribution in [0.25, 0.3) is 22.2 Å². The average Bonchev–Trinajstić information content (AvgIpc) is 3.47. The van der Waals surface area contributed by atoms with E-state index in [-0.39, 0.29) is 17.4 Å². The lowest BCUT2D eigenvalue weighted by Crippen LogP contribution is -2.47. The number of rotatable bonds is 3. The van der Waals surface area contributed by atoms with Gasteiger partial charge in [0.1, 0.15) is 16.8 Å². The van der Waals surface area contributed by atoms with Crippen LogP contribution in [0.1, 0.15) is 19.3 Å². The SMILES string of the molecule is COc1ccc(-c2cnn(C)c2)c2nc(NC(=O)N3CCC4(CCNC4=O)CC3)[nH]c12. The van der Waals surface area contributed by atoms with Crippen LogP contribution in [-0.4, -0.2) is 63.3 Å². The van der Waals surface area contributed by atoms with Crippen molar-refractivity contribution in [3.05, 3.63) is 24.5 Å². The summed E-state index contributed by atoms with van der Waals surface area (Å²) >= 11 is 0. The van der Waals surface area contributed by atoms with Crippen molar-refractivity contribution in [3.63, 3.8) is 0 Å². The van der Waals surface area contributed by atoms with Gasteiger partial charge >= 0.3 is 6.03 Å². The number of methoxy groups -OCH3 is 1. The number of piperidine rings is 1. The normalized spacial score (nSPS) is 17.9. The van der Waals surface area contributed by atoms with Crippen molar-refractivity contribution in [2.75, 3.05) is 32.1 Å². The largest absolute Gasteiger partial charge is 0.494 e. The maximum atomic E-state index is 12.9. The highest BCUT2D eigenvalue weighted by molar-refractivity contribution is 5.98. The number of carbonyl (C=O) groups is 2. The van der Waals surface area contributed by atoms with E-state index in [1.54, 1.807) is 22.9 Å². The summed E-state index contributed by atoms with van der Waals surface area (Å²) in [7, 11) is 3.46. The van der Waals surface area contributed by atoms with Gasteiger partial charge in [-0.1, -0.05) is 0 Å². The molecule has 2 aromatic heterocycles. The Morgan fingerprint density at radius 3 is 2.71 bits per heavy atom. The number of carbonyl (C=O) groups excluding carboxylic acids is 2. The van der Waals surface area contributed by atoms with Gasteiger partial charge in [0.25, 0.3) is 0 Å². The highest BCUT2D eigenvalue weighted by Gasteiger charge is 2.45. The lowest BCUT2D eigenvalue weighted by Gasteiger charge is -2.37. The Labute approximate surface area is 179 Å². The van der Waals surface area contributed by atoms with E-state index in [0.29, 0.717) is 48.7 Å². The van der Waals surface area contributed by atoms with Crippen molar-refractivity contribution in [2.24, 2.45) is 12.5 Å². The van der Waals surface area contributed by atoms with Gasteiger partial charge < -0.3 is 19.9 Å². The monoisotopic (exact) mass is 423 g/mol. The molecule has 2 fully saturated rings. The first-order valence-corrected chi connectivity index (χ1v) is 10.4. The Morgan fingerprint density at radius 1 is 1.26 bits per heavy atom.